The van der Waals surface area contributed by atoms with E-state index >= 15 is 0 Å². The molecule has 0 bridgehead atoms. The molecule has 1 N–H and O–H groups in total. The Morgan fingerprint density at radius 3 is 2.85 bits per heavy atom. The average Bonchev–Trinajstić information content (AvgIpc) is 2.87. The van der Waals surface area contributed by atoms with Crippen LogP contribution in [0.1, 0.15) is 16.1 Å². The molecule has 3 aromatic rings. The number of hydrogen-bond donors (Lipinski definition) is 1. The molecule has 4 nitrogen and oxygen atoms in total. The van der Waals surface area contributed by atoms with Crippen LogP contribution in [0.2, 0.25) is 0 Å². The summed E-state index contributed by atoms with van der Waals surface area (Å²) in [5.41, 5.74) is 3.12. The van der Waals surface area contributed by atoms with Gasteiger partial charge in [0.2, 0.25) is 0 Å². The lowest BCUT2D eigenvalue weighted by molar-refractivity contribution is 0.102. The number of aryl methyl sites for hydroxylation is 1. The molecule has 0 saturated carbocycles. The number of halogens is 1. The second-order valence-electron chi connectivity index (χ2n) is 4.52. The van der Waals surface area contributed by atoms with Crippen molar-refractivity contribution in [1.82, 2.24) is 9.61 Å². The third-order valence-electron chi connectivity index (χ3n) is 3.02. The first kappa shape index (κ1) is 12.9. The SMILES string of the molecule is Cc1cc(NC(=O)c2cc3ccccn3n2)ccc1Br. The summed E-state index contributed by atoms with van der Waals surface area (Å²) >= 11 is 3.44. The molecule has 0 fully saturated rings. The monoisotopic (exact) mass is 329 g/mol. The smallest absolute Gasteiger partial charge is 0.276 e. The van der Waals surface area contributed by atoms with Gasteiger partial charge >= 0.3 is 0 Å². The molecule has 0 aliphatic heterocycles. The van der Waals surface area contributed by atoms with E-state index in [0.717, 1.165) is 21.2 Å². The zero-order chi connectivity index (χ0) is 14.1. The molecule has 0 aliphatic rings. The fourth-order valence-electron chi connectivity index (χ4n) is 1.97. The summed E-state index contributed by atoms with van der Waals surface area (Å²) in [6, 6.07) is 13.1. The van der Waals surface area contributed by atoms with Crippen LogP contribution in [0.3, 0.4) is 0 Å². The van der Waals surface area contributed by atoms with Gasteiger partial charge in [-0.25, -0.2) is 4.52 Å². The van der Waals surface area contributed by atoms with Crippen molar-refractivity contribution in [3.05, 3.63) is 64.4 Å². The number of carbonyl (C=O) groups excluding carboxylic acids is 1. The third-order valence-corrected chi connectivity index (χ3v) is 3.91. The van der Waals surface area contributed by atoms with E-state index in [4.69, 9.17) is 0 Å². The molecular weight excluding hydrogens is 318 g/mol. The van der Waals surface area contributed by atoms with Gasteiger partial charge in [0.05, 0.1) is 5.52 Å². The number of carbonyl (C=O) groups is 1. The Morgan fingerprint density at radius 1 is 1.25 bits per heavy atom. The quantitative estimate of drug-likeness (QED) is 0.779. The number of fused-ring (bicyclic) bond motifs is 1. The van der Waals surface area contributed by atoms with Crippen molar-refractivity contribution in [1.29, 1.82) is 0 Å². The van der Waals surface area contributed by atoms with E-state index in [9.17, 15) is 4.79 Å². The maximum atomic E-state index is 12.2. The first-order valence-electron chi connectivity index (χ1n) is 6.15. The molecule has 100 valence electrons. The van der Waals surface area contributed by atoms with Crippen LogP contribution in [-0.2, 0) is 0 Å². The number of aromatic nitrogens is 2. The lowest BCUT2D eigenvalue weighted by Gasteiger charge is -2.05. The van der Waals surface area contributed by atoms with Crippen molar-refractivity contribution in [2.45, 2.75) is 6.92 Å². The normalized spacial score (nSPS) is 10.7. The highest BCUT2D eigenvalue weighted by Crippen LogP contribution is 2.20. The summed E-state index contributed by atoms with van der Waals surface area (Å²) in [5.74, 6) is -0.213. The number of nitrogens with one attached hydrogen (secondary N) is 1. The van der Waals surface area contributed by atoms with Crippen LogP contribution >= 0.6 is 15.9 Å². The van der Waals surface area contributed by atoms with E-state index < -0.39 is 0 Å². The topological polar surface area (TPSA) is 46.4 Å². The number of nitrogens with zero attached hydrogens (tertiary/aromatic N) is 2. The molecule has 3 rings (SSSR count). The van der Waals surface area contributed by atoms with Gasteiger partial charge in [-0.15, -0.1) is 0 Å². The molecule has 20 heavy (non-hydrogen) atoms. The summed E-state index contributed by atoms with van der Waals surface area (Å²) in [5, 5.41) is 7.10. The number of hydrogen-bond acceptors (Lipinski definition) is 2. The predicted octanol–water partition coefficient (Wildman–Crippen LogP) is 3.66. The minimum absolute atomic E-state index is 0.213. The summed E-state index contributed by atoms with van der Waals surface area (Å²) in [7, 11) is 0. The molecule has 0 atom stereocenters. The first-order valence-corrected chi connectivity index (χ1v) is 6.95. The Balaban J connectivity index is 1.86. The minimum Gasteiger partial charge on any atom is -0.321 e. The van der Waals surface area contributed by atoms with Crippen LogP contribution < -0.4 is 5.32 Å². The minimum atomic E-state index is -0.213. The molecule has 0 aliphatic carbocycles. The standard InChI is InChI=1S/C15H12BrN3O/c1-10-8-11(5-6-13(10)16)17-15(20)14-9-12-4-2-3-7-19(12)18-14/h2-9H,1H3,(H,17,20). The van der Waals surface area contributed by atoms with Crippen molar-refractivity contribution in [3.63, 3.8) is 0 Å². The van der Waals surface area contributed by atoms with Gasteiger partial charge in [-0.05, 0) is 48.9 Å². The van der Waals surface area contributed by atoms with Gasteiger partial charge < -0.3 is 5.32 Å². The van der Waals surface area contributed by atoms with Crippen LogP contribution in [0.5, 0.6) is 0 Å². The zero-order valence-corrected chi connectivity index (χ0v) is 12.4. The Labute approximate surface area is 124 Å². The van der Waals surface area contributed by atoms with E-state index in [1.165, 1.54) is 0 Å². The molecule has 2 heterocycles. The van der Waals surface area contributed by atoms with Gasteiger partial charge in [-0.2, -0.15) is 5.10 Å². The van der Waals surface area contributed by atoms with Gasteiger partial charge in [-0.3, -0.25) is 4.79 Å². The summed E-state index contributed by atoms with van der Waals surface area (Å²) in [6.45, 7) is 1.98. The molecule has 5 heteroatoms. The molecule has 2 aromatic heterocycles. The van der Waals surface area contributed by atoms with Crippen LogP contribution in [0.15, 0.2) is 53.1 Å². The maximum absolute atomic E-state index is 12.2. The van der Waals surface area contributed by atoms with E-state index in [1.807, 2.05) is 49.5 Å². The van der Waals surface area contributed by atoms with Gasteiger partial charge in [0, 0.05) is 16.4 Å². The lowest BCUT2D eigenvalue weighted by atomic mass is 10.2. The van der Waals surface area contributed by atoms with Crippen molar-refractivity contribution < 1.29 is 4.79 Å². The highest BCUT2D eigenvalue weighted by atomic mass is 79.9. The molecule has 0 spiro atoms. The van der Waals surface area contributed by atoms with Gasteiger partial charge in [0.15, 0.2) is 5.69 Å². The molecule has 0 unspecified atom stereocenters. The van der Waals surface area contributed by atoms with Gasteiger partial charge in [-0.1, -0.05) is 22.0 Å². The zero-order valence-electron chi connectivity index (χ0n) is 10.8. The number of pyridine rings is 1. The van der Waals surface area contributed by atoms with Crippen LogP contribution in [0.4, 0.5) is 5.69 Å². The number of amides is 1. The Hall–Kier alpha value is -2.14. The van der Waals surface area contributed by atoms with E-state index in [-0.39, 0.29) is 5.91 Å². The largest absolute Gasteiger partial charge is 0.321 e. The fraction of sp³-hybridized carbons (Fsp3) is 0.0667. The lowest BCUT2D eigenvalue weighted by Crippen LogP contribution is -2.12. The van der Waals surface area contributed by atoms with E-state index in [0.29, 0.717) is 5.69 Å². The van der Waals surface area contributed by atoms with E-state index in [1.54, 1.807) is 10.6 Å². The molecule has 0 radical (unpaired) electrons. The number of rotatable bonds is 2. The van der Waals surface area contributed by atoms with Crippen LogP contribution in [0.25, 0.3) is 5.52 Å². The second kappa shape index (κ2) is 5.09. The summed E-state index contributed by atoms with van der Waals surface area (Å²) < 4.78 is 2.70. The van der Waals surface area contributed by atoms with Crippen molar-refractivity contribution in [3.8, 4) is 0 Å². The van der Waals surface area contributed by atoms with Gasteiger partial charge in [0.25, 0.3) is 5.91 Å². The van der Waals surface area contributed by atoms with Crippen molar-refractivity contribution in [2.24, 2.45) is 0 Å². The number of benzene rings is 1. The van der Waals surface area contributed by atoms with E-state index in [2.05, 4.69) is 26.3 Å². The van der Waals surface area contributed by atoms with Crippen LogP contribution in [-0.4, -0.2) is 15.5 Å². The molecule has 0 saturated heterocycles. The highest BCUT2D eigenvalue weighted by Gasteiger charge is 2.11. The Kier molecular flexibility index (Phi) is 3.28. The fourth-order valence-corrected chi connectivity index (χ4v) is 2.21. The van der Waals surface area contributed by atoms with Crippen molar-refractivity contribution in [2.75, 3.05) is 5.32 Å². The first-order chi connectivity index (χ1) is 9.63. The van der Waals surface area contributed by atoms with Crippen LogP contribution in [0, 0.1) is 6.92 Å². The molecular formula is C15H12BrN3O. The third kappa shape index (κ3) is 2.44. The summed E-state index contributed by atoms with van der Waals surface area (Å²) in [6.07, 6.45) is 1.82. The maximum Gasteiger partial charge on any atom is 0.276 e. The van der Waals surface area contributed by atoms with Crippen molar-refractivity contribution >= 4 is 33.0 Å². The number of anilines is 1. The average molecular weight is 330 g/mol. The Bertz CT molecular complexity index is 762. The summed E-state index contributed by atoms with van der Waals surface area (Å²) in [4.78, 5) is 12.2. The highest BCUT2D eigenvalue weighted by molar-refractivity contribution is 9.10. The predicted molar refractivity (Wildman–Crippen MR) is 82.0 cm³/mol. The van der Waals surface area contributed by atoms with Gasteiger partial charge in [0.1, 0.15) is 0 Å². The molecule has 1 amide bonds. The Morgan fingerprint density at radius 2 is 2.10 bits per heavy atom. The second-order valence-corrected chi connectivity index (χ2v) is 5.37. The molecule has 1 aromatic carbocycles.